The predicted molar refractivity (Wildman–Crippen MR) is 221 cm³/mol. The van der Waals surface area contributed by atoms with E-state index in [1.54, 1.807) is 21.1 Å². The minimum Gasteiger partial charge on any atom is -0.544 e. The molecule has 0 rings (SSSR count). The van der Waals surface area contributed by atoms with Crippen molar-refractivity contribution in [3.8, 4) is 0 Å². The summed E-state index contributed by atoms with van der Waals surface area (Å²) in [5.74, 6) is -1.86. The van der Waals surface area contributed by atoms with E-state index in [1.807, 2.05) is 12.2 Å². The maximum absolute atomic E-state index is 12.7. The Balaban J connectivity index is 4.54. The van der Waals surface area contributed by atoms with Crippen LogP contribution in [0, 0.1) is 0 Å². The molecule has 0 spiro atoms. The number of hydrogen-bond acceptors (Lipinski definition) is 7. The van der Waals surface area contributed by atoms with Crippen LogP contribution in [0.2, 0.25) is 0 Å². The molecule has 0 radical (unpaired) electrons. The number of quaternary nitrogens is 1. The summed E-state index contributed by atoms with van der Waals surface area (Å²) < 4.78 is 17.0. The van der Waals surface area contributed by atoms with Gasteiger partial charge in [-0.05, 0) is 70.6 Å². The largest absolute Gasteiger partial charge is 0.544 e. The van der Waals surface area contributed by atoms with Crippen LogP contribution in [0.25, 0.3) is 0 Å². The lowest BCUT2D eigenvalue weighted by molar-refractivity contribution is -0.889. The lowest BCUT2D eigenvalue weighted by Crippen LogP contribution is -2.55. The van der Waals surface area contributed by atoms with Crippen molar-refractivity contribution < 1.29 is 38.2 Å². The first kappa shape index (κ1) is 50.2. The van der Waals surface area contributed by atoms with E-state index in [-0.39, 0.29) is 55.5 Å². The van der Waals surface area contributed by atoms with E-state index >= 15 is 0 Å². The smallest absolute Gasteiger partial charge is 0.306 e. The summed E-state index contributed by atoms with van der Waals surface area (Å²) in [5, 5.41) is 11.6. The van der Waals surface area contributed by atoms with E-state index < -0.39 is 18.1 Å². The third kappa shape index (κ3) is 34.0. The summed E-state index contributed by atoms with van der Waals surface area (Å²) in [6.45, 7) is 4.29. The first-order valence-electron chi connectivity index (χ1n) is 20.3. The summed E-state index contributed by atoms with van der Waals surface area (Å²) in [7, 11) is 5.36. The number of ether oxygens (including phenoxy) is 3. The molecule has 0 aromatic heterocycles. The molecule has 0 aliphatic carbocycles. The fraction of sp³-hybridized carbons (Fsp3) is 0.587. The third-order valence-corrected chi connectivity index (χ3v) is 8.28. The normalized spacial score (nSPS) is 14.0. The molecule has 0 aromatic rings. The van der Waals surface area contributed by atoms with Crippen LogP contribution in [0.3, 0.4) is 0 Å². The van der Waals surface area contributed by atoms with Crippen LogP contribution in [-0.2, 0) is 28.6 Å². The van der Waals surface area contributed by atoms with Crippen molar-refractivity contribution in [2.24, 2.45) is 0 Å². The third-order valence-electron chi connectivity index (χ3n) is 8.28. The SMILES string of the molecule is CC/C=C/C=C/C=C/CCCCCCCC(=O)OC(COCCC(C(=O)[O-])[N+](C)(C)C)COC(=O)CCC/C=C/C/C=C/C/C=C/C/C=C/C/C=C/CC. The molecule has 2 unspecified atom stereocenters. The molecule has 2 atom stereocenters. The number of unbranched alkanes of at least 4 members (excludes halogenated alkanes) is 6. The van der Waals surface area contributed by atoms with Crippen LogP contribution >= 0.6 is 0 Å². The average Bonchev–Trinajstić information content (AvgIpc) is 3.12. The zero-order valence-electron chi connectivity index (χ0n) is 34.3. The second-order valence-electron chi connectivity index (χ2n) is 14.2. The number of rotatable bonds is 34. The zero-order valence-corrected chi connectivity index (χ0v) is 34.3. The van der Waals surface area contributed by atoms with E-state index in [2.05, 4.69) is 98.9 Å². The number of carboxylic acids is 1. The van der Waals surface area contributed by atoms with E-state index in [0.29, 0.717) is 6.42 Å². The van der Waals surface area contributed by atoms with Crippen LogP contribution in [0.4, 0.5) is 0 Å². The Kier molecular flexibility index (Phi) is 33.7. The molecule has 54 heavy (non-hydrogen) atoms. The molecule has 8 nitrogen and oxygen atoms in total. The van der Waals surface area contributed by atoms with Gasteiger partial charge in [0, 0.05) is 19.3 Å². The molecule has 0 aliphatic heterocycles. The van der Waals surface area contributed by atoms with Gasteiger partial charge in [0.1, 0.15) is 12.6 Å². The minimum atomic E-state index is -1.14. The van der Waals surface area contributed by atoms with Crippen molar-refractivity contribution in [1.29, 1.82) is 0 Å². The summed E-state index contributed by atoms with van der Waals surface area (Å²) in [6.07, 6.45) is 47.3. The molecule has 8 heteroatoms. The molecule has 0 aromatic carbocycles. The molecule has 0 bridgehead atoms. The second kappa shape index (κ2) is 36.2. The van der Waals surface area contributed by atoms with Gasteiger partial charge in [0.25, 0.3) is 0 Å². The number of nitrogens with zero attached hydrogens (tertiary/aromatic N) is 1. The van der Waals surface area contributed by atoms with Crippen LogP contribution in [0.5, 0.6) is 0 Å². The Morgan fingerprint density at radius 3 is 1.69 bits per heavy atom. The minimum absolute atomic E-state index is 0.00750. The molecular formula is C46H73NO7. The van der Waals surface area contributed by atoms with Gasteiger partial charge in [-0.2, -0.15) is 0 Å². The second-order valence-corrected chi connectivity index (χ2v) is 14.2. The maximum atomic E-state index is 12.7. The summed E-state index contributed by atoms with van der Waals surface area (Å²) in [6, 6.07) is -0.743. The first-order chi connectivity index (χ1) is 26.1. The van der Waals surface area contributed by atoms with Gasteiger partial charge in [-0.3, -0.25) is 9.59 Å². The monoisotopic (exact) mass is 752 g/mol. The van der Waals surface area contributed by atoms with Crippen LogP contribution in [-0.4, -0.2) is 75.5 Å². The molecule has 0 aliphatic rings. The first-order valence-corrected chi connectivity index (χ1v) is 20.3. The molecule has 0 fully saturated rings. The highest BCUT2D eigenvalue weighted by molar-refractivity contribution is 5.70. The van der Waals surface area contributed by atoms with E-state index in [9.17, 15) is 19.5 Å². The van der Waals surface area contributed by atoms with Gasteiger partial charge >= 0.3 is 11.9 Å². The lowest BCUT2D eigenvalue weighted by Gasteiger charge is -2.34. The topological polar surface area (TPSA) is 102 Å². The van der Waals surface area contributed by atoms with Gasteiger partial charge in [-0.1, -0.05) is 130 Å². The van der Waals surface area contributed by atoms with Crippen molar-refractivity contribution in [1.82, 2.24) is 0 Å². The maximum Gasteiger partial charge on any atom is 0.306 e. The molecule has 0 heterocycles. The van der Waals surface area contributed by atoms with Crippen LogP contribution < -0.4 is 5.11 Å². The quantitative estimate of drug-likeness (QED) is 0.0212. The number of allylic oxidation sites excluding steroid dienone is 16. The summed E-state index contributed by atoms with van der Waals surface area (Å²) in [5.41, 5.74) is 0. The lowest BCUT2D eigenvalue weighted by atomic mass is 10.1. The van der Waals surface area contributed by atoms with Crippen molar-refractivity contribution in [3.63, 3.8) is 0 Å². The summed E-state index contributed by atoms with van der Waals surface area (Å²) >= 11 is 0. The highest BCUT2D eigenvalue weighted by Gasteiger charge is 2.25. The number of carbonyl (C=O) groups is 3. The van der Waals surface area contributed by atoms with Gasteiger partial charge in [0.2, 0.25) is 0 Å². The van der Waals surface area contributed by atoms with E-state index in [0.717, 1.165) is 83.5 Å². The Morgan fingerprint density at radius 1 is 0.574 bits per heavy atom. The fourth-order valence-electron chi connectivity index (χ4n) is 5.16. The van der Waals surface area contributed by atoms with Crippen LogP contribution in [0.1, 0.15) is 123 Å². The fourth-order valence-corrected chi connectivity index (χ4v) is 5.16. The number of carbonyl (C=O) groups excluding carboxylic acids is 3. The van der Waals surface area contributed by atoms with Crippen molar-refractivity contribution in [2.45, 2.75) is 135 Å². The highest BCUT2D eigenvalue weighted by Crippen LogP contribution is 2.11. The number of esters is 2. The van der Waals surface area contributed by atoms with Gasteiger partial charge in [0.15, 0.2) is 6.10 Å². The molecule has 0 saturated heterocycles. The van der Waals surface area contributed by atoms with Crippen LogP contribution in [0.15, 0.2) is 97.2 Å². The molecule has 0 saturated carbocycles. The number of likely N-dealkylation sites (N-methyl/N-ethyl adjacent to an activating group) is 1. The molecule has 304 valence electrons. The van der Waals surface area contributed by atoms with Gasteiger partial charge in [0.05, 0.1) is 40.3 Å². The highest BCUT2D eigenvalue weighted by atomic mass is 16.6. The number of aliphatic carboxylic acids is 1. The Hall–Kier alpha value is -3.75. The Labute approximate surface area is 328 Å². The van der Waals surface area contributed by atoms with Crippen molar-refractivity contribution in [2.75, 3.05) is 41.0 Å². The van der Waals surface area contributed by atoms with Gasteiger partial charge in [-0.25, -0.2) is 0 Å². The van der Waals surface area contributed by atoms with Crippen molar-refractivity contribution in [3.05, 3.63) is 97.2 Å². The molecular weight excluding hydrogens is 679 g/mol. The Morgan fingerprint density at radius 2 is 1.09 bits per heavy atom. The summed E-state index contributed by atoms with van der Waals surface area (Å²) in [4.78, 5) is 36.7. The average molecular weight is 752 g/mol. The standard InChI is InChI=1S/C46H73NO7/c1-6-8-10-12-14-16-18-20-21-22-23-25-26-28-30-32-34-36-44(48)53-41-42(40-52-39-38-43(46(50)51)47(3,4)5)54-45(49)37-35-33-31-29-27-24-19-17-15-13-11-9-7-2/h8-11,13-17,19-21,23,25,28,30,42-43H,6-7,12,18,22,24,26-27,29,31-41H2,1-5H3/b10-8+,11-9+,15-13+,16-14+,19-17+,21-20+,25-23+,30-28+. The van der Waals surface area contributed by atoms with E-state index in [1.165, 1.54) is 0 Å². The van der Waals surface area contributed by atoms with Gasteiger partial charge < -0.3 is 28.6 Å². The number of hydrogen-bond donors (Lipinski definition) is 0. The van der Waals surface area contributed by atoms with Gasteiger partial charge in [-0.15, -0.1) is 0 Å². The number of carboxylic acid groups (broad SMARTS) is 1. The predicted octanol–water partition coefficient (Wildman–Crippen LogP) is 9.40. The Bertz CT molecular complexity index is 1200. The van der Waals surface area contributed by atoms with E-state index in [4.69, 9.17) is 14.2 Å². The van der Waals surface area contributed by atoms with Crippen molar-refractivity contribution >= 4 is 17.9 Å². The molecule has 0 amide bonds. The molecule has 0 N–H and O–H groups in total. The zero-order chi connectivity index (χ0) is 40.0.